The minimum absolute atomic E-state index is 0.269. The highest BCUT2D eigenvalue weighted by Crippen LogP contribution is 2.18. The van der Waals surface area contributed by atoms with Crippen molar-refractivity contribution >= 4 is 12.3 Å². The smallest absolute Gasteiger partial charge is 0.356 e. The van der Waals surface area contributed by atoms with Crippen LogP contribution in [0, 0.1) is 0 Å². The van der Waals surface area contributed by atoms with Gasteiger partial charge in [-0.3, -0.25) is 4.79 Å². The Balaban J connectivity index is 2.28. The van der Waals surface area contributed by atoms with E-state index in [0.29, 0.717) is 5.56 Å². The molecule has 18 heavy (non-hydrogen) atoms. The summed E-state index contributed by atoms with van der Waals surface area (Å²) in [6, 6.07) is 10.5. The van der Waals surface area contributed by atoms with Gasteiger partial charge in [0.05, 0.1) is 7.11 Å². The molecule has 0 atom stereocenters. The Morgan fingerprint density at radius 1 is 1.11 bits per heavy atom. The average molecular weight is 241 g/mol. The molecule has 0 aliphatic carbocycles. The zero-order valence-corrected chi connectivity index (χ0v) is 9.79. The second-order valence-electron chi connectivity index (χ2n) is 3.66. The van der Waals surface area contributed by atoms with Crippen LogP contribution in [0.25, 0.3) is 11.1 Å². The number of esters is 1. The van der Waals surface area contributed by atoms with Crippen LogP contribution in [0.1, 0.15) is 20.8 Å². The van der Waals surface area contributed by atoms with Crippen molar-refractivity contribution in [3.63, 3.8) is 0 Å². The maximum absolute atomic E-state index is 11.2. The van der Waals surface area contributed by atoms with Gasteiger partial charge in [-0.1, -0.05) is 30.3 Å². The zero-order valence-electron chi connectivity index (χ0n) is 9.79. The summed E-state index contributed by atoms with van der Waals surface area (Å²) in [7, 11) is 1.32. The Hall–Kier alpha value is -2.49. The first-order valence-electron chi connectivity index (χ1n) is 5.34. The SMILES string of the molecule is COC(=O)c1ccc(-c2ccc(C=O)cc2)cn1. The van der Waals surface area contributed by atoms with Crippen molar-refractivity contribution in [1.29, 1.82) is 0 Å². The van der Waals surface area contributed by atoms with Gasteiger partial charge >= 0.3 is 5.97 Å². The van der Waals surface area contributed by atoms with E-state index < -0.39 is 5.97 Å². The van der Waals surface area contributed by atoms with Crippen molar-refractivity contribution in [2.24, 2.45) is 0 Å². The topological polar surface area (TPSA) is 56.3 Å². The highest BCUT2D eigenvalue weighted by Gasteiger charge is 2.06. The van der Waals surface area contributed by atoms with Crippen molar-refractivity contribution < 1.29 is 14.3 Å². The van der Waals surface area contributed by atoms with E-state index in [0.717, 1.165) is 17.4 Å². The fraction of sp³-hybridized carbons (Fsp3) is 0.0714. The Bertz CT molecular complexity index is 559. The first kappa shape index (κ1) is 12.0. The zero-order chi connectivity index (χ0) is 13.0. The van der Waals surface area contributed by atoms with Crippen LogP contribution in [-0.2, 0) is 4.74 Å². The molecule has 0 aliphatic heterocycles. The lowest BCUT2D eigenvalue weighted by molar-refractivity contribution is 0.0594. The molecule has 0 bridgehead atoms. The first-order chi connectivity index (χ1) is 8.74. The van der Waals surface area contributed by atoms with Gasteiger partial charge in [-0.25, -0.2) is 9.78 Å². The summed E-state index contributed by atoms with van der Waals surface area (Å²) in [5, 5.41) is 0. The van der Waals surface area contributed by atoms with Crippen molar-refractivity contribution in [1.82, 2.24) is 4.98 Å². The van der Waals surface area contributed by atoms with Gasteiger partial charge in [0, 0.05) is 17.3 Å². The molecule has 0 fully saturated rings. The molecule has 0 unspecified atom stereocenters. The lowest BCUT2D eigenvalue weighted by Crippen LogP contribution is -2.03. The number of rotatable bonds is 3. The summed E-state index contributed by atoms with van der Waals surface area (Å²) < 4.78 is 4.57. The van der Waals surface area contributed by atoms with E-state index >= 15 is 0 Å². The second kappa shape index (κ2) is 5.23. The number of nitrogens with zero attached hydrogens (tertiary/aromatic N) is 1. The summed E-state index contributed by atoms with van der Waals surface area (Å²) in [6.45, 7) is 0. The minimum Gasteiger partial charge on any atom is -0.464 e. The minimum atomic E-state index is -0.460. The van der Waals surface area contributed by atoms with Gasteiger partial charge in [0.25, 0.3) is 0 Å². The molecular weight excluding hydrogens is 230 g/mol. The highest BCUT2D eigenvalue weighted by atomic mass is 16.5. The number of hydrogen-bond acceptors (Lipinski definition) is 4. The third kappa shape index (κ3) is 2.43. The van der Waals surface area contributed by atoms with E-state index in [1.165, 1.54) is 7.11 Å². The third-order valence-corrected chi connectivity index (χ3v) is 2.54. The van der Waals surface area contributed by atoms with Gasteiger partial charge in [0.15, 0.2) is 0 Å². The maximum Gasteiger partial charge on any atom is 0.356 e. The van der Waals surface area contributed by atoms with E-state index in [-0.39, 0.29) is 5.69 Å². The van der Waals surface area contributed by atoms with Crippen molar-refractivity contribution in [3.05, 3.63) is 53.9 Å². The maximum atomic E-state index is 11.2. The number of carbonyl (C=O) groups excluding carboxylic acids is 2. The largest absolute Gasteiger partial charge is 0.464 e. The number of methoxy groups -OCH3 is 1. The Morgan fingerprint density at radius 3 is 2.28 bits per heavy atom. The highest BCUT2D eigenvalue weighted by molar-refractivity contribution is 5.87. The number of benzene rings is 1. The van der Waals surface area contributed by atoms with Gasteiger partial charge in [0.1, 0.15) is 12.0 Å². The molecule has 2 rings (SSSR count). The fourth-order valence-corrected chi connectivity index (χ4v) is 1.54. The number of pyridine rings is 1. The molecule has 0 amide bonds. The molecule has 0 saturated heterocycles. The molecular formula is C14H11NO3. The molecule has 1 aromatic heterocycles. The molecule has 4 nitrogen and oxygen atoms in total. The number of hydrogen-bond donors (Lipinski definition) is 0. The molecule has 0 spiro atoms. The van der Waals surface area contributed by atoms with E-state index in [1.807, 2.05) is 12.1 Å². The third-order valence-electron chi connectivity index (χ3n) is 2.54. The summed E-state index contributed by atoms with van der Waals surface area (Å²) >= 11 is 0. The van der Waals surface area contributed by atoms with Crippen LogP contribution in [0.2, 0.25) is 0 Å². The summed E-state index contributed by atoms with van der Waals surface area (Å²) in [6.07, 6.45) is 2.39. The average Bonchev–Trinajstić information content (AvgIpc) is 2.47. The van der Waals surface area contributed by atoms with E-state index in [9.17, 15) is 9.59 Å². The van der Waals surface area contributed by atoms with Crippen LogP contribution in [-0.4, -0.2) is 24.3 Å². The summed E-state index contributed by atoms with van der Waals surface area (Å²) in [5.41, 5.74) is 2.70. The molecule has 2 aromatic rings. The fourth-order valence-electron chi connectivity index (χ4n) is 1.54. The van der Waals surface area contributed by atoms with E-state index in [1.54, 1.807) is 30.5 Å². The lowest BCUT2D eigenvalue weighted by Gasteiger charge is -2.03. The Labute approximate surface area is 104 Å². The standard InChI is InChI=1S/C14H11NO3/c1-18-14(17)13-7-6-12(8-15-13)11-4-2-10(9-16)3-5-11/h2-9H,1H3. The molecule has 1 aromatic carbocycles. The van der Waals surface area contributed by atoms with Crippen molar-refractivity contribution in [2.75, 3.05) is 7.11 Å². The lowest BCUT2D eigenvalue weighted by atomic mass is 10.1. The molecule has 4 heteroatoms. The second-order valence-corrected chi connectivity index (χ2v) is 3.66. The summed E-state index contributed by atoms with van der Waals surface area (Å²) in [5.74, 6) is -0.460. The van der Waals surface area contributed by atoms with Crippen LogP contribution in [0.5, 0.6) is 0 Å². The van der Waals surface area contributed by atoms with Gasteiger partial charge in [-0.15, -0.1) is 0 Å². The van der Waals surface area contributed by atoms with Crippen molar-refractivity contribution in [2.45, 2.75) is 0 Å². The van der Waals surface area contributed by atoms with Crippen LogP contribution in [0.4, 0.5) is 0 Å². The van der Waals surface area contributed by atoms with Crippen molar-refractivity contribution in [3.8, 4) is 11.1 Å². The van der Waals surface area contributed by atoms with Crippen LogP contribution < -0.4 is 0 Å². The quantitative estimate of drug-likeness (QED) is 0.611. The predicted molar refractivity (Wildman–Crippen MR) is 66.4 cm³/mol. The monoisotopic (exact) mass is 241 g/mol. The number of aldehydes is 1. The molecule has 1 heterocycles. The normalized spacial score (nSPS) is 9.83. The molecule has 0 N–H and O–H groups in total. The van der Waals surface area contributed by atoms with Gasteiger partial charge in [-0.2, -0.15) is 0 Å². The van der Waals surface area contributed by atoms with Crippen LogP contribution in [0.3, 0.4) is 0 Å². The van der Waals surface area contributed by atoms with E-state index in [2.05, 4.69) is 9.72 Å². The Morgan fingerprint density at radius 2 is 1.78 bits per heavy atom. The van der Waals surface area contributed by atoms with Gasteiger partial charge < -0.3 is 4.74 Å². The predicted octanol–water partition coefficient (Wildman–Crippen LogP) is 2.35. The molecule has 0 saturated carbocycles. The van der Waals surface area contributed by atoms with Crippen LogP contribution >= 0.6 is 0 Å². The van der Waals surface area contributed by atoms with Gasteiger partial charge in [0.2, 0.25) is 0 Å². The van der Waals surface area contributed by atoms with Crippen LogP contribution in [0.15, 0.2) is 42.6 Å². The van der Waals surface area contributed by atoms with E-state index in [4.69, 9.17) is 0 Å². The van der Waals surface area contributed by atoms with Gasteiger partial charge in [-0.05, 0) is 11.6 Å². The number of aromatic nitrogens is 1. The first-order valence-corrected chi connectivity index (χ1v) is 5.34. The Kier molecular flexibility index (Phi) is 3.48. The number of ether oxygens (including phenoxy) is 1. The molecule has 90 valence electrons. The summed E-state index contributed by atoms with van der Waals surface area (Å²) in [4.78, 5) is 25.8. The number of carbonyl (C=O) groups is 2. The molecule has 0 aliphatic rings. The molecule has 0 radical (unpaired) electrons.